The van der Waals surface area contributed by atoms with Gasteiger partial charge in [0.05, 0.1) is 10.5 Å². The Balaban J connectivity index is 1.66. The molecule has 4 bridgehead atoms. The van der Waals surface area contributed by atoms with Crippen molar-refractivity contribution in [1.82, 2.24) is 0 Å². The van der Waals surface area contributed by atoms with Crippen LogP contribution >= 0.6 is 0 Å². The number of rotatable bonds is 6. The van der Waals surface area contributed by atoms with Crippen molar-refractivity contribution in [3.05, 3.63) is 33.9 Å². The van der Waals surface area contributed by atoms with E-state index in [9.17, 15) is 20.0 Å². The monoisotopic (exact) mass is 361 g/mol. The molecular weight excluding hydrogens is 338 g/mol. The first-order chi connectivity index (χ1) is 12.4. The lowest BCUT2D eigenvalue weighted by molar-refractivity contribution is -0.386. The first-order valence-corrected chi connectivity index (χ1v) is 9.11. The van der Waals surface area contributed by atoms with E-state index >= 15 is 0 Å². The molecule has 1 aromatic rings. The van der Waals surface area contributed by atoms with Gasteiger partial charge in [-0.25, -0.2) is 4.79 Å². The summed E-state index contributed by atoms with van der Waals surface area (Å²) in [6.45, 7) is 0. The van der Waals surface area contributed by atoms with E-state index in [4.69, 9.17) is 9.47 Å². The van der Waals surface area contributed by atoms with Crippen LogP contribution < -0.4 is 4.74 Å². The van der Waals surface area contributed by atoms with Crippen LogP contribution in [0.5, 0.6) is 5.75 Å². The van der Waals surface area contributed by atoms with Crippen LogP contribution in [-0.4, -0.2) is 29.4 Å². The highest BCUT2D eigenvalue weighted by molar-refractivity contribution is 5.88. The summed E-state index contributed by atoms with van der Waals surface area (Å²) in [7, 11) is 1.57. The molecule has 0 saturated heterocycles. The quantitative estimate of drug-likeness (QED) is 0.469. The van der Waals surface area contributed by atoms with Crippen LogP contribution in [0.25, 0.3) is 0 Å². The Morgan fingerprint density at radius 1 is 1.23 bits per heavy atom. The third-order valence-corrected chi connectivity index (χ3v) is 6.44. The average molecular weight is 361 g/mol. The molecule has 0 amide bonds. The molecular formula is C19H23NO6. The Kier molecular flexibility index (Phi) is 4.14. The van der Waals surface area contributed by atoms with Gasteiger partial charge in [0.1, 0.15) is 0 Å². The Labute approximate surface area is 151 Å². The molecule has 4 aliphatic carbocycles. The van der Waals surface area contributed by atoms with Crippen LogP contribution in [0.15, 0.2) is 18.2 Å². The highest BCUT2D eigenvalue weighted by Crippen LogP contribution is 2.61. The lowest BCUT2D eigenvalue weighted by Gasteiger charge is -2.58. The second-order valence-electron chi connectivity index (χ2n) is 8.21. The van der Waals surface area contributed by atoms with Gasteiger partial charge in [0, 0.05) is 24.7 Å². The maximum absolute atomic E-state index is 11.4. The lowest BCUT2D eigenvalue weighted by Crippen LogP contribution is -2.53. The molecule has 0 radical (unpaired) electrons. The highest BCUT2D eigenvalue weighted by Gasteiger charge is 2.55. The molecule has 4 fully saturated rings. The van der Waals surface area contributed by atoms with Crippen molar-refractivity contribution in [2.75, 3.05) is 7.11 Å². The van der Waals surface area contributed by atoms with E-state index in [1.54, 1.807) is 7.11 Å². The van der Waals surface area contributed by atoms with Crippen LogP contribution in [0, 0.1) is 33.3 Å². The molecule has 4 saturated carbocycles. The van der Waals surface area contributed by atoms with E-state index in [2.05, 4.69) is 0 Å². The minimum atomic E-state index is -1.14. The van der Waals surface area contributed by atoms with Gasteiger partial charge in [-0.15, -0.1) is 0 Å². The van der Waals surface area contributed by atoms with E-state index in [0.717, 1.165) is 19.3 Å². The zero-order valence-electron chi connectivity index (χ0n) is 14.7. The third-order valence-electron chi connectivity index (χ3n) is 6.44. The Hall–Kier alpha value is -2.15. The summed E-state index contributed by atoms with van der Waals surface area (Å²) in [6, 6.07) is 3.64. The summed E-state index contributed by atoms with van der Waals surface area (Å²) >= 11 is 0. The van der Waals surface area contributed by atoms with Crippen LogP contribution in [-0.2, 0) is 4.74 Å². The van der Waals surface area contributed by atoms with Crippen molar-refractivity contribution >= 4 is 11.7 Å². The molecule has 0 aliphatic heterocycles. The summed E-state index contributed by atoms with van der Waals surface area (Å²) in [5.74, 6) is 0.875. The fourth-order valence-corrected chi connectivity index (χ4v) is 5.90. The summed E-state index contributed by atoms with van der Waals surface area (Å²) in [5.41, 5.74) is -0.399. The predicted molar refractivity (Wildman–Crippen MR) is 92.1 cm³/mol. The molecule has 7 heteroatoms. The highest BCUT2D eigenvalue weighted by atomic mass is 16.7. The fourth-order valence-electron chi connectivity index (χ4n) is 5.90. The van der Waals surface area contributed by atoms with E-state index in [1.807, 2.05) is 0 Å². The first-order valence-electron chi connectivity index (χ1n) is 9.11. The number of ether oxygens (including phenoxy) is 2. The van der Waals surface area contributed by atoms with Crippen molar-refractivity contribution in [3.8, 4) is 5.75 Å². The normalized spacial score (nSPS) is 33.0. The Morgan fingerprint density at radius 3 is 2.27 bits per heavy atom. The predicted octanol–water partition coefficient (Wildman–Crippen LogP) is 3.86. The SMILES string of the molecule is COC(Oc1cc(C(=O)O)ccc1[N+](=O)[O-])C12CC3CC(CC(C3)C1)C2. The summed E-state index contributed by atoms with van der Waals surface area (Å²) < 4.78 is 11.7. The van der Waals surface area contributed by atoms with E-state index in [-0.39, 0.29) is 22.4 Å². The van der Waals surface area contributed by atoms with Crippen molar-refractivity contribution in [1.29, 1.82) is 0 Å². The van der Waals surface area contributed by atoms with Crippen molar-refractivity contribution < 1.29 is 24.3 Å². The molecule has 1 atom stereocenters. The largest absolute Gasteiger partial charge is 0.478 e. The van der Waals surface area contributed by atoms with Crippen molar-refractivity contribution in [2.45, 2.75) is 44.8 Å². The lowest BCUT2D eigenvalue weighted by atomic mass is 9.49. The maximum Gasteiger partial charge on any atom is 0.335 e. The number of carboxylic acid groups (broad SMARTS) is 1. The van der Waals surface area contributed by atoms with Gasteiger partial charge in [0.2, 0.25) is 12.0 Å². The zero-order chi connectivity index (χ0) is 18.5. The van der Waals surface area contributed by atoms with Gasteiger partial charge in [0.25, 0.3) is 0 Å². The number of hydrogen-bond donors (Lipinski definition) is 1. The smallest absolute Gasteiger partial charge is 0.335 e. The second-order valence-corrected chi connectivity index (χ2v) is 8.21. The number of nitro benzene ring substituents is 1. The van der Waals surface area contributed by atoms with Crippen LogP contribution in [0.1, 0.15) is 48.9 Å². The molecule has 7 nitrogen and oxygen atoms in total. The molecule has 5 rings (SSSR count). The van der Waals surface area contributed by atoms with Gasteiger partial charge < -0.3 is 14.6 Å². The number of hydrogen-bond acceptors (Lipinski definition) is 5. The van der Waals surface area contributed by atoms with Gasteiger partial charge in [-0.3, -0.25) is 10.1 Å². The number of nitro groups is 1. The van der Waals surface area contributed by atoms with Gasteiger partial charge in [0.15, 0.2) is 0 Å². The number of carboxylic acids is 1. The van der Waals surface area contributed by atoms with E-state index < -0.39 is 17.2 Å². The second kappa shape index (κ2) is 6.23. The van der Waals surface area contributed by atoms with E-state index in [1.165, 1.54) is 37.5 Å². The summed E-state index contributed by atoms with van der Waals surface area (Å²) in [6.07, 6.45) is 6.26. The first kappa shape index (κ1) is 17.3. The minimum Gasteiger partial charge on any atom is -0.478 e. The number of aromatic carboxylic acids is 1. The fraction of sp³-hybridized carbons (Fsp3) is 0.632. The van der Waals surface area contributed by atoms with Crippen LogP contribution in [0.4, 0.5) is 5.69 Å². The van der Waals surface area contributed by atoms with Crippen LogP contribution in [0.3, 0.4) is 0 Å². The van der Waals surface area contributed by atoms with Crippen molar-refractivity contribution in [2.24, 2.45) is 23.2 Å². The Bertz CT molecular complexity index is 710. The molecule has 1 aromatic carbocycles. The summed E-state index contributed by atoms with van der Waals surface area (Å²) in [4.78, 5) is 22.1. The topological polar surface area (TPSA) is 98.9 Å². The number of carbonyl (C=O) groups is 1. The average Bonchev–Trinajstić information content (AvgIpc) is 2.57. The third kappa shape index (κ3) is 2.84. The molecule has 140 valence electrons. The zero-order valence-corrected chi connectivity index (χ0v) is 14.7. The van der Waals surface area contributed by atoms with Gasteiger partial charge in [-0.1, -0.05) is 0 Å². The van der Waals surface area contributed by atoms with Gasteiger partial charge in [-0.05, 0) is 62.3 Å². The van der Waals surface area contributed by atoms with Crippen LogP contribution in [0.2, 0.25) is 0 Å². The molecule has 26 heavy (non-hydrogen) atoms. The Morgan fingerprint density at radius 2 is 1.81 bits per heavy atom. The minimum absolute atomic E-state index is 0.0301. The number of nitrogens with zero attached hydrogens (tertiary/aromatic N) is 1. The molecule has 4 aliphatic rings. The molecule has 0 spiro atoms. The van der Waals surface area contributed by atoms with E-state index in [0.29, 0.717) is 17.8 Å². The molecule has 1 N–H and O–H groups in total. The maximum atomic E-state index is 11.4. The standard InChI is InChI=1S/C19H23NO6/c1-25-18(19-8-11-4-12(9-19)6-13(5-11)10-19)26-16-7-14(17(21)22)2-3-15(16)20(23)24/h2-3,7,11-13,18H,4-6,8-10H2,1H3,(H,21,22). The number of benzene rings is 1. The van der Waals surface area contributed by atoms with Crippen molar-refractivity contribution in [3.63, 3.8) is 0 Å². The molecule has 0 heterocycles. The van der Waals surface area contributed by atoms with Gasteiger partial charge in [-0.2, -0.15) is 0 Å². The van der Waals surface area contributed by atoms with Gasteiger partial charge >= 0.3 is 11.7 Å². The summed E-state index contributed by atoms with van der Waals surface area (Å²) in [5, 5.41) is 20.6. The number of methoxy groups -OCH3 is 1. The molecule has 0 aromatic heterocycles. The molecule has 1 unspecified atom stereocenters.